The largest absolute Gasteiger partial charge is 0.369 e. The summed E-state index contributed by atoms with van der Waals surface area (Å²) in [5.74, 6) is -0.668. The van der Waals surface area contributed by atoms with Crippen LogP contribution in [0, 0.1) is 5.82 Å². The summed E-state index contributed by atoms with van der Waals surface area (Å²) in [5.41, 5.74) is 5.97. The standard InChI is InChI=1S/C10H12BrFN2O/c1-14(6-10(13)15)5-7-2-3-8(12)4-9(7)11/h2-4H,5-6H2,1H3,(H2,13,15). The second-order valence-electron chi connectivity index (χ2n) is 3.37. The number of benzene rings is 1. The van der Waals surface area contributed by atoms with Gasteiger partial charge in [-0.3, -0.25) is 9.69 Å². The maximum absolute atomic E-state index is 12.8. The van der Waals surface area contributed by atoms with Crippen molar-refractivity contribution in [2.24, 2.45) is 5.73 Å². The summed E-state index contributed by atoms with van der Waals surface area (Å²) in [6, 6.07) is 4.46. The van der Waals surface area contributed by atoms with E-state index in [1.165, 1.54) is 12.1 Å². The van der Waals surface area contributed by atoms with Crippen LogP contribution in [0.1, 0.15) is 5.56 Å². The van der Waals surface area contributed by atoms with Gasteiger partial charge in [0.25, 0.3) is 0 Å². The van der Waals surface area contributed by atoms with Gasteiger partial charge >= 0.3 is 0 Å². The second kappa shape index (κ2) is 5.23. The number of hydrogen-bond acceptors (Lipinski definition) is 2. The normalized spacial score (nSPS) is 10.7. The maximum atomic E-state index is 12.8. The maximum Gasteiger partial charge on any atom is 0.231 e. The Hall–Kier alpha value is -0.940. The fourth-order valence-corrected chi connectivity index (χ4v) is 1.74. The Bertz CT molecular complexity index is 370. The molecule has 0 bridgehead atoms. The zero-order valence-electron chi connectivity index (χ0n) is 8.34. The molecule has 0 radical (unpaired) electrons. The molecule has 0 fully saturated rings. The second-order valence-corrected chi connectivity index (χ2v) is 4.23. The molecule has 0 saturated carbocycles. The van der Waals surface area contributed by atoms with Crippen molar-refractivity contribution in [3.8, 4) is 0 Å². The molecule has 15 heavy (non-hydrogen) atoms. The quantitative estimate of drug-likeness (QED) is 0.905. The molecule has 0 aromatic heterocycles. The van der Waals surface area contributed by atoms with Gasteiger partial charge in [0.15, 0.2) is 0 Å². The van der Waals surface area contributed by atoms with Crippen molar-refractivity contribution in [2.45, 2.75) is 6.54 Å². The van der Waals surface area contributed by atoms with E-state index in [9.17, 15) is 9.18 Å². The van der Waals surface area contributed by atoms with Crippen LogP contribution >= 0.6 is 15.9 Å². The third-order valence-corrected chi connectivity index (χ3v) is 2.62. The van der Waals surface area contributed by atoms with Crippen LogP contribution in [0.3, 0.4) is 0 Å². The lowest BCUT2D eigenvalue weighted by molar-refractivity contribution is -0.118. The van der Waals surface area contributed by atoms with Crippen LogP contribution in [-0.4, -0.2) is 24.4 Å². The molecule has 0 unspecified atom stereocenters. The summed E-state index contributed by atoms with van der Waals surface area (Å²) >= 11 is 3.26. The van der Waals surface area contributed by atoms with Gasteiger partial charge in [-0.15, -0.1) is 0 Å². The van der Waals surface area contributed by atoms with Gasteiger partial charge in [0.2, 0.25) is 5.91 Å². The molecule has 1 aromatic carbocycles. The van der Waals surface area contributed by atoms with Gasteiger partial charge in [-0.05, 0) is 24.7 Å². The Kier molecular flexibility index (Phi) is 4.23. The van der Waals surface area contributed by atoms with E-state index in [1.54, 1.807) is 18.0 Å². The van der Waals surface area contributed by atoms with E-state index >= 15 is 0 Å². The molecule has 3 nitrogen and oxygen atoms in total. The fraction of sp³-hybridized carbons (Fsp3) is 0.300. The number of halogens is 2. The third-order valence-electron chi connectivity index (χ3n) is 1.88. The number of primary amides is 1. The third kappa shape index (κ3) is 3.97. The first kappa shape index (κ1) is 12.1. The average Bonchev–Trinajstić information content (AvgIpc) is 2.08. The van der Waals surface area contributed by atoms with E-state index in [0.29, 0.717) is 11.0 Å². The zero-order chi connectivity index (χ0) is 11.4. The zero-order valence-corrected chi connectivity index (χ0v) is 9.92. The van der Waals surface area contributed by atoms with E-state index in [2.05, 4.69) is 15.9 Å². The fourth-order valence-electron chi connectivity index (χ4n) is 1.26. The van der Waals surface area contributed by atoms with Gasteiger partial charge in [0.1, 0.15) is 5.82 Å². The predicted molar refractivity (Wildman–Crippen MR) is 59.6 cm³/mol. The summed E-state index contributed by atoms with van der Waals surface area (Å²) in [4.78, 5) is 12.4. The summed E-state index contributed by atoms with van der Waals surface area (Å²) in [5, 5.41) is 0. The Balaban J connectivity index is 2.68. The summed E-state index contributed by atoms with van der Waals surface area (Å²) in [6.07, 6.45) is 0. The minimum atomic E-state index is -0.379. The van der Waals surface area contributed by atoms with Crippen LogP contribution in [0.5, 0.6) is 0 Å². The number of hydrogen-bond donors (Lipinski definition) is 1. The average molecular weight is 275 g/mol. The molecule has 0 spiro atoms. The number of amides is 1. The van der Waals surface area contributed by atoms with Crippen LogP contribution < -0.4 is 5.73 Å². The van der Waals surface area contributed by atoms with E-state index in [4.69, 9.17) is 5.73 Å². The monoisotopic (exact) mass is 274 g/mol. The Morgan fingerprint density at radius 1 is 1.60 bits per heavy atom. The Morgan fingerprint density at radius 3 is 2.80 bits per heavy atom. The van der Waals surface area contributed by atoms with Crippen molar-refractivity contribution in [3.05, 3.63) is 34.1 Å². The molecule has 0 aliphatic rings. The highest BCUT2D eigenvalue weighted by Gasteiger charge is 2.07. The highest BCUT2D eigenvalue weighted by Crippen LogP contribution is 2.19. The predicted octanol–water partition coefficient (Wildman–Crippen LogP) is 1.51. The number of likely N-dealkylation sites (N-methyl/N-ethyl adjacent to an activating group) is 1. The number of rotatable bonds is 4. The number of carbonyl (C=O) groups is 1. The molecule has 82 valence electrons. The highest BCUT2D eigenvalue weighted by atomic mass is 79.9. The topological polar surface area (TPSA) is 46.3 Å². The molecule has 0 heterocycles. The molecule has 0 saturated heterocycles. The summed E-state index contributed by atoms with van der Waals surface area (Å²) in [6.45, 7) is 0.730. The highest BCUT2D eigenvalue weighted by molar-refractivity contribution is 9.10. The molecule has 1 amide bonds. The molecule has 0 aliphatic heterocycles. The van der Waals surface area contributed by atoms with E-state index in [1.807, 2.05) is 0 Å². The van der Waals surface area contributed by atoms with Gasteiger partial charge in [0, 0.05) is 11.0 Å². The van der Waals surface area contributed by atoms with Gasteiger partial charge in [-0.1, -0.05) is 22.0 Å². The van der Waals surface area contributed by atoms with Gasteiger partial charge in [-0.2, -0.15) is 0 Å². The van der Waals surface area contributed by atoms with Gasteiger partial charge in [0.05, 0.1) is 6.54 Å². The van der Waals surface area contributed by atoms with E-state index < -0.39 is 0 Å². The van der Waals surface area contributed by atoms with Crippen molar-refractivity contribution in [3.63, 3.8) is 0 Å². The lowest BCUT2D eigenvalue weighted by atomic mass is 10.2. The molecular formula is C10H12BrFN2O. The van der Waals surface area contributed by atoms with Crippen molar-refractivity contribution in [1.82, 2.24) is 4.90 Å². The van der Waals surface area contributed by atoms with E-state index in [-0.39, 0.29) is 18.3 Å². The summed E-state index contributed by atoms with van der Waals surface area (Å²) in [7, 11) is 1.78. The lowest BCUT2D eigenvalue weighted by Gasteiger charge is -2.15. The molecule has 0 aliphatic carbocycles. The van der Waals surface area contributed by atoms with Crippen LogP contribution in [0.4, 0.5) is 4.39 Å². The molecule has 2 N–H and O–H groups in total. The lowest BCUT2D eigenvalue weighted by Crippen LogP contribution is -2.30. The molecule has 1 rings (SSSR count). The van der Waals surface area contributed by atoms with Gasteiger partial charge in [-0.25, -0.2) is 4.39 Å². The smallest absolute Gasteiger partial charge is 0.231 e. The summed E-state index contributed by atoms with van der Waals surface area (Å²) < 4.78 is 13.5. The Labute approximate surface area is 96.2 Å². The van der Waals surface area contributed by atoms with Crippen molar-refractivity contribution in [2.75, 3.05) is 13.6 Å². The first-order chi connectivity index (χ1) is 6.99. The van der Waals surface area contributed by atoms with Gasteiger partial charge < -0.3 is 5.73 Å². The first-order valence-corrected chi connectivity index (χ1v) is 5.19. The number of carbonyl (C=O) groups excluding carboxylic acids is 1. The van der Waals surface area contributed by atoms with Crippen LogP contribution in [-0.2, 0) is 11.3 Å². The molecular weight excluding hydrogens is 263 g/mol. The van der Waals surface area contributed by atoms with Crippen molar-refractivity contribution >= 4 is 21.8 Å². The molecule has 1 aromatic rings. The molecule has 0 atom stereocenters. The minimum Gasteiger partial charge on any atom is -0.369 e. The number of nitrogens with two attached hydrogens (primary N) is 1. The molecule has 5 heteroatoms. The SMILES string of the molecule is CN(CC(N)=O)Cc1ccc(F)cc1Br. The van der Waals surface area contributed by atoms with Crippen LogP contribution in [0.25, 0.3) is 0 Å². The first-order valence-electron chi connectivity index (χ1n) is 4.40. The Morgan fingerprint density at radius 2 is 2.27 bits per heavy atom. The van der Waals surface area contributed by atoms with Crippen LogP contribution in [0.2, 0.25) is 0 Å². The van der Waals surface area contributed by atoms with Crippen LogP contribution in [0.15, 0.2) is 22.7 Å². The minimum absolute atomic E-state index is 0.184. The van der Waals surface area contributed by atoms with E-state index in [0.717, 1.165) is 5.56 Å². The van der Waals surface area contributed by atoms with Crippen molar-refractivity contribution in [1.29, 1.82) is 0 Å². The number of nitrogens with zero attached hydrogens (tertiary/aromatic N) is 1. The van der Waals surface area contributed by atoms with Crippen molar-refractivity contribution < 1.29 is 9.18 Å².